The lowest BCUT2D eigenvalue weighted by molar-refractivity contribution is -0.122. The maximum atomic E-state index is 12.9. The minimum Gasteiger partial charge on any atom is -0.497 e. The average Bonchev–Trinajstić information content (AvgIpc) is 2.66. The summed E-state index contributed by atoms with van der Waals surface area (Å²) >= 11 is 5.62. The van der Waals surface area contributed by atoms with Gasteiger partial charge >= 0.3 is 0 Å². The number of ether oxygens (including phenoxy) is 1. The minimum atomic E-state index is -0.457. The van der Waals surface area contributed by atoms with E-state index < -0.39 is 5.92 Å². The normalized spacial score (nSPS) is 20.0. The van der Waals surface area contributed by atoms with E-state index in [0.717, 1.165) is 29.1 Å². The monoisotopic (exact) mass is 394 g/mol. The van der Waals surface area contributed by atoms with Crippen LogP contribution in [-0.2, 0) is 11.3 Å². The number of methoxy groups -OCH3 is 1. The van der Waals surface area contributed by atoms with Gasteiger partial charge in [0.25, 0.3) is 0 Å². The van der Waals surface area contributed by atoms with Crippen molar-refractivity contribution < 1.29 is 9.53 Å². The summed E-state index contributed by atoms with van der Waals surface area (Å²) in [5.74, 6) is 0.496. The van der Waals surface area contributed by atoms with E-state index in [4.69, 9.17) is 21.9 Å². The third-order valence-corrected chi connectivity index (χ3v) is 5.23. The van der Waals surface area contributed by atoms with Gasteiger partial charge in [-0.25, -0.2) is 0 Å². The number of thiocarbonyl (C=S) groups is 1. The summed E-state index contributed by atoms with van der Waals surface area (Å²) in [4.78, 5) is 18.3. The molecular weight excluding hydrogens is 368 g/mol. The molecule has 0 aliphatic heterocycles. The third kappa shape index (κ3) is 5.04. The Hall–Kier alpha value is -2.53. The van der Waals surface area contributed by atoms with Crippen molar-refractivity contribution in [1.29, 1.82) is 0 Å². The van der Waals surface area contributed by atoms with E-state index in [1.54, 1.807) is 7.11 Å². The summed E-state index contributed by atoms with van der Waals surface area (Å²) in [6.45, 7) is 4.74. The van der Waals surface area contributed by atoms with E-state index in [0.29, 0.717) is 18.0 Å². The van der Waals surface area contributed by atoms with Crippen LogP contribution < -0.4 is 10.1 Å². The van der Waals surface area contributed by atoms with Crippen LogP contribution in [0.1, 0.15) is 32.3 Å². The molecule has 0 saturated heterocycles. The number of rotatable bonds is 5. The number of nitrogens with zero attached hydrogens (tertiary/aromatic N) is 1. The molecule has 2 aromatic carbocycles. The quantitative estimate of drug-likeness (QED) is 0.719. The van der Waals surface area contributed by atoms with Crippen molar-refractivity contribution >= 4 is 34.4 Å². The fourth-order valence-electron chi connectivity index (χ4n) is 3.52. The van der Waals surface area contributed by atoms with Crippen LogP contribution in [0.3, 0.4) is 0 Å². The third-order valence-electron chi connectivity index (χ3n) is 4.89. The van der Waals surface area contributed by atoms with Crippen molar-refractivity contribution in [2.75, 3.05) is 12.4 Å². The van der Waals surface area contributed by atoms with Gasteiger partial charge in [-0.1, -0.05) is 56.4 Å². The van der Waals surface area contributed by atoms with Gasteiger partial charge in [0.2, 0.25) is 0 Å². The Morgan fingerprint density at radius 1 is 1.14 bits per heavy atom. The number of carbonyl (C=O) groups is 1. The van der Waals surface area contributed by atoms with E-state index in [2.05, 4.69) is 19.2 Å². The first-order valence-corrected chi connectivity index (χ1v) is 9.83. The Balaban J connectivity index is 1.82. The minimum absolute atomic E-state index is 0.102. The molecule has 0 heterocycles. The highest BCUT2D eigenvalue weighted by Crippen LogP contribution is 2.35. The molecule has 28 heavy (non-hydrogen) atoms. The second-order valence-electron chi connectivity index (χ2n) is 7.93. The highest BCUT2D eigenvalue weighted by atomic mass is 32.1. The fraction of sp³-hybridized carbons (Fsp3) is 0.348. The van der Waals surface area contributed by atoms with E-state index in [1.807, 2.05) is 54.6 Å². The molecule has 1 unspecified atom stereocenters. The van der Waals surface area contributed by atoms with Crippen LogP contribution in [0.25, 0.3) is 0 Å². The van der Waals surface area contributed by atoms with Crippen LogP contribution >= 0.6 is 12.2 Å². The maximum absolute atomic E-state index is 12.9. The van der Waals surface area contributed by atoms with Gasteiger partial charge in [0, 0.05) is 17.8 Å². The molecule has 5 heteroatoms. The zero-order valence-electron chi connectivity index (χ0n) is 16.6. The lowest BCUT2D eigenvalue weighted by Gasteiger charge is -2.35. The van der Waals surface area contributed by atoms with Crippen LogP contribution in [0.15, 0.2) is 59.6 Å². The number of anilines is 1. The van der Waals surface area contributed by atoms with Crippen molar-refractivity contribution in [3.05, 3.63) is 60.2 Å². The predicted octanol–water partition coefficient (Wildman–Crippen LogP) is 5.08. The zero-order chi connectivity index (χ0) is 20.1. The average molecular weight is 395 g/mol. The molecule has 1 N–H and O–H groups in total. The van der Waals surface area contributed by atoms with Crippen LogP contribution in [0, 0.1) is 11.3 Å². The molecule has 0 amide bonds. The van der Waals surface area contributed by atoms with Crippen LogP contribution in [0.2, 0.25) is 0 Å². The number of para-hydroxylation sites is 1. The second kappa shape index (κ2) is 8.65. The Kier molecular flexibility index (Phi) is 6.25. The van der Waals surface area contributed by atoms with E-state index in [9.17, 15) is 4.79 Å². The smallest absolute Gasteiger partial charge is 0.148 e. The van der Waals surface area contributed by atoms with Gasteiger partial charge in [0.05, 0.1) is 18.6 Å². The topological polar surface area (TPSA) is 50.7 Å². The van der Waals surface area contributed by atoms with Gasteiger partial charge in [-0.05, 0) is 41.7 Å². The molecule has 2 aromatic rings. The number of hydrogen-bond acceptors (Lipinski definition) is 4. The first-order valence-electron chi connectivity index (χ1n) is 9.43. The molecular formula is C23H26N2O2S. The molecule has 4 nitrogen and oxygen atoms in total. The van der Waals surface area contributed by atoms with Crippen LogP contribution in [0.5, 0.6) is 5.75 Å². The molecule has 0 radical (unpaired) electrons. The van der Waals surface area contributed by atoms with Gasteiger partial charge in [-0.15, -0.1) is 0 Å². The van der Waals surface area contributed by atoms with Gasteiger partial charge in [0.15, 0.2) is 0 Å². The van der Waals surface area contributed by atoms with Crippen molar-refractivity contribution in [2.45, 2.75) is 33.2 Å². The number of aliphatic imine (C=N–C) groups is 1. The molecule has 0 bridgehead atoms. The summed E-state index contributed by atoms with van der Waals surface area (Å²) in [6, 6.07) is 17.5. The zero-order valence-corrected chi connectivity index (χ0v) is 17.4. The van der Waals surface area contributed by atoms with Crippen molar-refractivity contribution in [2.24, 2.45) is 16.3 Å². The highest BCUT2D eigenvalue weighted by Gasteiger charge is 2.40. The summed E-state index contributed by atoms with van der Waals surface area (Å²) < 4.78 is 5.20. The van der Waals surface area contributed by atoms with Crippen LogP contribution in [0.4, 0.5) is 5.69 Å². The standard InChI is InChI=1S/C23H26N2O2S/c1-23(2)13-19(24-15-16-9-11-18(27-3)12-10-16)21(20(26)14-23)22(28)25-17-7-5-4-6-8-17/h4-12,21H,13-15H2,1-3H3,(H,25,28). The van der Waals surface area contributed by atoms with Gasteiger partial charge in [0.1, 0.15) is 17.5 Å². The lowest BCUT2D eigenvalue weighted by atomic mass is 9.71. The molecule has 1 aliphatic rings. The van der Waals surface area contributed by atoms with Crippen LogP contribution in [-0.4, -0.2) is 23.6 Å². The largest absolute Gasteiger partial charge is 0.497 e. The summed E-state index contributed by atoms with van der Waals surface area (Å²) in [7, 11) is 1.65. The van der Waals surface area contributed by atoms with E-state index in [-0.39, 0.29) is 11.2 Å². The molecule has 1 atom stereocenters. The molecule has 3 rings (SSSR count). The summed E-state index contributed by atoms with van der Waals surface area (Å²) in [5.41, 5.74) is 2.73. The first kappa shape index (κ1) is 20.2. The number of hydrogen-bond donors (Lipinski definition) is 1. The number of carbonyl (C=O) groups excluding carboxylic acids is 1. The molecule has 0 spiro atoms. The Labute approximate surface area is 172 Å². The molecule has 1 saturated carbocycles. The van der Waals surface area contributed by atoms with Crippen molar-refractivity contribution in [1.82, 2.24) is 0 Å². The lowest BCUT2D eigenvalue weighted by Crippen LogP contribution is -2.43. The summed E-state index contributed by atoms with van der Waals surface area (Å²) in [5, 5.41) is 3.23. The molecule has 1 aliphatic carbocycles. The number of Topliss-reactive ketones (excluding diaryl/α,β-unsaturated/α-hetero) is 1. The fourth-order valence-corrected chi connectivity index (χ4v) is 3.90. The molecule has 146 valence electrons. The molecule has 0 aromatic heterocycles. The summed E-state index contributed by atoms with van der Waals surface area (Å²) in [6.07, 6.45) is 1.27. The SMILES string of the molecule is COc1ccc(CN=C2CC(C)(C)CC(=O)C2C(=S)Nc2ccccc2)cc1. The Morgan fingerprint density at radius 2 is 1.82 bits per heavy atom. The second-order valence-corrected chi connectivity index (χ2v) is 8.37. The van der Waals surface area contributed by atoms with E-state index >= 15 is 0 Å². The van der Waals surface area contributed by atoms with Gasteiger partial charge in [-0.2, -0.15) is 0 Å². The number of nitrogens with one attached hydrogen (secondary N) is 1. The van der Waals surface area contributed by atoms with Crippen molar-refractivity contribution in [3.8, 4) is 5.75 Å². The highest BCUT2D eigenvalue weighted by molar-refractivity contribution is 7.80. The van der Waals surface area contributed by atoms with Gasteiger partial charge < -0.3 is 10.1 Å². The Bertz CT molecular complexity index is 873. The van der Waals surface area contributed by atoms with E-state index in [1.165, 1.54) is 0 Å². The maximum Gasteiger partial charge on any atom is 0.148 e. The molecule has 1 fully saturated rings. The predicted molar refractivity (Wildman–Crippen MR) is 118 cm³/mol. The Morgan fingerprint density at radius 3 is 2.46 bits per heavy atom. The first-order chi connectivity index (χ1) is 13.4. The number of benzene rings is 2. The van der Waals surface area contributed by atoms with Crippen molar-refractivity contribution in [3.63, 3.8) is 0 Å². The van der Waals surface area contributed by atoms with Gasteiger partial charge in [-0.3, -0.25) is 9.79 Å². The number of ketones is 1.